The van der Waals surface area contributed by atoms with Crippen LogP contribution in [0.4, 0.5) is 5.95 Å². The van der Waals surface area contributed by atoms with Crippen LogP contribution in [0.25, 0.3) is 0 Å². The molecular formula is C13H19ClN4O. The second-order valence-corrected chi connectivity index (χ2v) is 5.13. The summed E-state index contributed by atoms with van der Waals surface area (Å²) < 4.78 is 5.49. The van der Waals surface area contributed by atoms with Crippen molar-refractivity contribution in [1.29, 1.82) is 0 Å². The van der Waals surface area contributed by atoms with Crippen molar-refractivity contribution in [3.8, 4) is 6.01 Å². The first-order valence-corrected chi connectivity index (χ1v) is 6.96. The largest absolute Gasteiger partial charge is 0.463 e. The zero-order valence-electron chi connectivity index (χ0n) is 11.2. The Labute approximate surface area is 118 Å². The molecule has 1 aromatic heterocycles. The van der Waals surface area contributed by atoms with Gasteiger partial charge in [-0.25, -0.2) is 0 Å². The summed E-state index contributed by atoms with van der Waals surface area (Å²) in [5, 5.41) is 0.181. The molecule has 0 spiro atoms. The van der Waals surface area contributed by atoms with Crippen LogP contribution < -0.4 is 9.64 Å². The number of anilines is 1. The van der Waals surface area contributed by atoms with Gasteiger partial charge in [-0.05, 0) is 37.8 Å². The fourth-order valence-electron chi connectivity index (χ4n) is 1.94. The van der Waals surface area contributed by atoms with Crippen LogP contribution >= 0.6 is 11.6 Å². The standard InChI is InChI=1S/C13H19ClN4O/c1-10(2)6-9-19-13-16-11(14)15-12(17-13)18-7-4-3-5-8-18/h1,3-9H2,2H3. The van der Waals surface area contributed by atoms with Gasteiger partial charge in [0.25, 0.3) is 0 Å². The molecule has 2 rings (SSSR count). The molecule has 0 unspecified atom stereocenters. The van der Waals surface area contributed by atoms with E-state index in [1.54, 1.807) is 0 Å². The van der Waals surface area contributed by atoms with Crippen molar-refractivity contribution in [2.24, 2.45) is 0 Å². The van der Waals surface area contributed by atoms with E-state index < -0.39 is 0 Å². The van der Waals surface area contributed by atoms with Crippen LogP contribution in [-0.2, 0) is 0 Å². The van der Waals surface area contributed by atoms with E-state index in [0.717, 1.165) is 37.9 Å². The second-order valence-electron chi connectivity index (χ2n) is 4.79. The zero-order chi connectivity index (χ0) is 13.7. The van der Waals surface area contributed by atoms with Crippen LogP contribution in [0.15, 0.2) is 12.2 Å². The molecule has 5 nitrogen and oxygen atoms in total. The van der Waals surface area contributed by atoms with Crippen LogP contribution in [0.5, 0.6) is 6.01 Å². The first-order valence-electron chi connectivity index (χ1n) is 6.59. The van der Waals surface area contributed by atoms with Crippen molar-refractivity contribution < 1.29 is 4.74 Å². The minimum absolute atomic E-state index is 0.181. The van der Waals surface area contributed by atoms with Crippen molar-refractivity contribution in [3.63, 3.8) is 0 Å². The average molecular weight is 283 g/mol. The molecule has 0 atom stereocenters. The molecule has 0 saturated carbocycles. The van der Waals surface area contributed by atoms with Crippen molar-refractivity contribution in [3.05, 3.63) is 17.4 Å². The summed E-state index contributed by atoms with van der Waals surface area (Å²) >= 11 is 5.92. The van der Waals surface area contributed by atoms with Gasteiger partial charge in [-0.15, -0.1) is 6.58 Å². The number of hydrogen-bond donors (Lipinski definition) is 0. The van der Waals surface area contributed by atoms with E-state index in [1.165, 1.54) is 6.42 Å². The highest BCUT2D eigenvalue weighted by atomic mass is 35.5. The van der Waals surface area contributed by atoms with Gasteiger partial charge >= 0.3 is 6.01 Å². The Hall–Kier alpha value is -1.36. The number of halogens is 1. The second kappa shape index (κ2) is 6.70. The van der Waals surface area contributed by atoms with E-state index in [9.17, 15) is 0 Å². The third-order valence-electron chi connectivity index (χ3n) is 2.97. The third kappa shape index (κ3) is 4.35. The number of hydrogen-bond acceptors (Lipinski definition) is 5. The SMILES string of the molecule is C=C(C)CCOc1nc(Cl)nc(N2CCCCC2)n1. The highest BCUT2D eigenvalue weighted by Gasteiger charge is 2.16. The summed E-state index contributed by atoms with van der Waals surface area (Å²) in [4.78, 5) is 14.6. The van der Waals surface area contributed by atoms with Gasteiger partial charge in [0, 0.05) is 19.5 Å². The van der Waals surface area contributed by atoms with Gasteiger partial charge in [0.15, 0.2) is 0 Å². The van der Waals surface area contributed by atoms with Crippen molar-refractivity contribution in [2.75, 3.05) is 24.6 Å². The summed E-state index contributed by atoms with van der Waals surface area (Å²) in [6.45, 7) is 8.23. The van der Waals surface area contributed by atoms with E-state index in [1.807, 2.05) is 6.92 Å². The quantitative estimate of drug-likeness (QED) is 0.777. The highest BCUT2D eigenvalue weighted by molar-refractivity contribution is 6.28. The van der Waals surface area contributed by atoms with Crippen molar-refractivity contribution in [1.82, 2.24) is 15.0 Å². The highest BCUT2D eigenvalue weighted by Crippen LogP contribution is 2.19. The van der Waals surface area contributed by atoms with Crippen LogP contribution in [0.1, 0.15) is 32.6 Å². The van der Waals surface area contributed by atoms with Gasteiger partial charge in [-0.1, -0.05) is 5.57 Å². The lowest BCUT2D eigenvalue weighted by atomic mass is 10.1. The summed E-state index contributed by atoms with van der Waals surface area (Å²) in [5.41, 5.74) is 1.07. The van der Waals surface area contributed by atoms with Gasteiger partial charge in [-0.3, -0.25) is 0 Å². The number of rotatable bonds is 5. The van der Waals surface area contributed by atoms with Crippen molar-refractivity contribution >= 4 is 17.5 Å². The maximum absolute atomic E-state index is 5.92. The Balaban J connectivity index is 2.03. The summed E-state index contributed by atoms with van der Waals surface area (Å²) in [7, 11) is 0. The Bertz CT molecular complexity index is 446. The van der Waals surface area contributed by atoms with E-state index >= 15 is 0 Å². The van der Waals surface area contributed by atoms with Crippen LogP contribution in [0.3, 0.4) is 0 Å². The Kier molecular flexibility index (Phi) is 4.96. The molecule has 1 fully saturated rings. The summed E-state index contributed by atoms with van der Waals surface area (Å²) in [6.07, 6.45) is 4.37. The summed E-state index contributed by atoms with van der Waals surface area (Å²) in [6, 6.07) is 0.293. The van der Waals surface area contributed by atoms with E-state index in [2.05, 4.69) is 26.4 Å². The van der Waals surface area contributed by atoms with Gasteiger partial charge in [-0.2, -0.15) is 15.0 Å². The lowest BCUT2D eigenvalue weighted by Crippen LogP contribution is -2.31. The molecule has 6 heteroatoms. The fourth-order valence-corrected chi connectivity index (χ4v) is 2.09. The molecule has 0 N–H and O–H groups in total. The molecular weight excluding hydrogens is 264 g/mol. The van der Waals surface area contributed by atoms with Crippen LogP contribution in [-0.4, -0.2) is 34.6 Å². The lowest BCUT2D eigenvalue weighted by Gasteiger charge is -2.26. The zero-order valence-corrected chi connectivity index (χ0v) is 12.0. The predicted octanol–water partition coefficient (Wildman–Crippen LogP) is 2.86. The van der Waals surface area contributed by atoms with Crippen LogP contribution in [0, 0.1) is 0 Å². The summed E-state index contributed by atoms with van der Waals surface area (Å²) in [5.74, 6) is 0.616. The third-order valence-corrected chi connectivity index (χ3v) is 3.14. The monoisotopic (exact) mass is 282 g/mol. The number of piperidine rings is 1. The lowest BCUT2D eigenvalue weighted by molar-refractivity contribution is 0.295. The molecule has 1 aromatic rings. The average Bonchev–Trinajstić information content (AvgIpc) is 2.39. The number of nitrogens with zero attached hydrogens (tertiary/aromatic N) is 4. The van der Waals surface area contributed by atoms with Gasteiger partial charge < -0.3 is 9.64 Å². The van der Waals surface area contributed by atoms with E-state index in [4.69, 9.17) is 16.3 Å². The minimum Gasteiger partial charge on any atom is -0.463 e. The number of ether oxygens (including phenoxy) is 1. The van der Waals surface area contributed by atoms with Crippen molar-refractivity contribution in [2.45, 2.75) is 32.6 Å². The number of aromatic nitrogens is 3. The fraction of sp³-hybridized carbons (Fsp3) is 0.615. The molecule has 0 radical (unpaired) electrons. The molecule has 1 saturated heterocycles. The molecule has 2 heterocycles. The first kappa shape index (κ1) is 14.1. The normalized spacial score (nSPS) is 15.4. The molecule has 19 heavy (non-hydrogen) atoms. The Morgan fingerprint density at radius 2 is 2.00 bits per heavy atom. The molecule has 0 aromatic carbocycles. The molecule has 1 aliphatic rings. The topological polar surface area (TPSA) is 51.1 Å². The molecule has 0 bridgehead atoms. The maximum atomic E-state index is 5.92. The smallest absolute Gasteiger partial charge is 0.322 e. The Morgan fingerprint density at radius 3 is 2.68 bits per heavy atom. The van der Waals surface area contributed by atoms with Gasteiger partial charge in [0.1, 0.15) is 0 Å². The van der Waals surface area contributed by atoms with Crippen LogP contribution in [0.2, 0.25) is 5.28 Å². The minimum atomic E-state index is 0.181. The maximum Gasteiger partial charge on any atom is 0.322 e. The van der Waals surface area contributed by atoms with E-state index in [0.29, 0.717) is 18.6 Å². The van der Waals surface area contributed by atoms with E-state index in [-0.39, 0.29) is 5.28 Å². The molecule has 1 aliphatic heterocycles. The first-order chi connectivity index (χ1) is 9.15. The molecule has 0 aliphatic carbocycles. The van der Waals surface area contributed by atoms with Gasteiger partial charge in [0.05, 0.1) is 6.61 Å². The molecule has 104 valence electrons. The predicted molar refractivity (Wildman–Crippen MR) is 75.8 cm³/mol. The molecule has 0 amide bonds. The van der Waals surface area contributed by atoms with Gasteiger partial charge in [0.2, 0.25) is 11.2 Å². The Morgan fingerprint density at radius 1 is 1.26 bits per heavy atom.